The number of nitrogens with one attached hydrogen (secondary N) is 2. The lowest BCUT2D eigenvalue weighted by Crippen LogP contribution is -2.45. The van der Waals surface area contributed by atoms with E-state index in [0.717, 1.165) is 11.1 Å². The van der Waals surface area contributed by atoms with Crippen molar-refractivity contribution in [3.63, 3.8) is 0 Å². The van der Waals surface area contributed by atoms with Crippen LogP contribution in [0.3, 0.4) is 0 Å². The van der Waals surface area contributed by atoms with E-state index in [2.05, 4.69) is 10.6 Å². The fraction of sp³-hybridized carbons (Fsp3) is 0.353. The lowest BCUT2D eigenvalue weighted by Gasteiger charge is -2.13. The first kappa shape index (κ1) is 19.2. The number of hydrogen-bond donors (Lipinski definition) is 3. The molecular formula is C17H22N2O5. The number of ether oxygens (including phenoxy) is 1. The highest BCUT2D eigenvalue weighted by molar-refractivity contribution is 5.86. The number of benzene rings is 1. The van der Waals surface area contributed by atoms with Gasteiger partial charge in [-0.25, -0.2) is 9.59 Å². The fourth-order valence-electron chi connectivity index (χ4n) is 1.75. The maximum Gasteiger partial charge on any atom is 0.407 e. The fourth-order valence-corrected chi connectivity index (χ4v) is 1.75. The van der Waals surface area contributed by atoms with Crippen LogP contribution in [0, 0.1) is 0 Å². The Hall–Kier alpha value is -2.83. The molecule has 130 valence electrons. The van der Waals surface area contributed by atoms with E-state index in [0.29, 0.717) is 0 Å². The lowest BCUT2D eigenvalue weighted by molar-refractivity contribution is -0.141. The third kappa shape index (κ3) is 7.98. The SMILES string of the molecule is CC(C)=CC[C@H](NC(=O)CNC(=O)OCc1ccccc1)C(=O)O. The van der Waals surface area contributed by atoms with E-state index in [4.69, 9.17) is 9.84 Å². The van der Waals surface area contributed by atoms with Gasteiger partial charge in [0.05, 0.1) is 0 Å². The van der Waals surface area contributed by atoms with Gasteiger partial charge in [0.1, 0.15) is 19.2 Å². The third-order valence-corrected chi connectivity index (χ3v) is 3.00. The van der Waals surface area contributed by atoms with Crippen LogP contribution in [0.2, 0.25) is 0 Å². The molecule has 0 fully saturated rings. The van der Waals surface area contributed by atoms with Crippen LogP contribution in [0.15, 0.2) is 42.0 Å². The molecule has 0 aliphatic carbocycles. The van der Waals surface area contributed by atoms with Crippen molar-refractivity contribution in [1.82, 2.24) is 10.6 Å². The molecule has 3 N–H and O–H groups in total. The van der Waals surface area contributed by atoms with Gasteiger partial charge in [-0.05, 0) is 25.8 Å². The van der Waals surface area contributed by atoms with Crippen molar-refractivity contribution in [1.29, 1.82) is 0 Å². The van der Waals surface area contributed by atoms with E-state index in [1.54, 1.807) is 18.2 Å². The molecule has 0 aliphatic rings. The molecule has 0 bridgehead atoms. The Morgan fingerprint density at radius 3 is 2.46 bits per heavy atom. The Balaban J connectivity index is 2.34. The molecule has 1 rings (SSSR count). The highest BCUT2D eigenvalue weighted by Gasteiger charge is 2.18. The van der Waals surface area contributed by atoms with Crippen LogP contribution in [-0.2, 0) is 20.9 Å². The predicted octanol–water partition coefficient (Wildman–Crippen LogP) is 1.84. The smallest absolute Gasteiger partial charge is 0.407 e. The zero-order valence-corrected chi connectivity index (χ0v) is 13.7. The molecule has 0 aromatic heterocycles. The highest BCUT2D eigenvalue weighted by Crippen LogP contribution is 2.01. The van der Waals surface area contributed by atoms with Crippen molar-refractivity contribution in [2.45, 2.75) is 32.9 Å². The van der Waals surface area contributed by atoms with Crippen molar-refractivity contribution in [2.24, 2.45) is 0 Å². The molecule has 1 aromatic rings. The van der Waals surface area contributed by atoms with E-state index < -0.39 is 24.0 Å². The standard InChI is InChI=1S/C17H22N2O5/c1-12(2)8-9-14(16(21)22)19-15(20)10-18-17(23)24-11-13-6-4-3-5-7-13/h3-8,14H,9-11H2,1-2H3,(H,18,23)(H,19,20)(H,21,22)/t14-/m0/s1. The first-order valence-corrected chi connectivity index (χ1v) is 7.48. The molecule has 24 heavy (non-hydrogen) atoms. The van der Waals surface area contributed by atoms with E-state index in [9.17, 15) is 14.4 Å². The summed E-state index contributed by atoms with van der Waals surface area (Å²) in [5.41, 5.74) is 1.78. The molecule has 1 atom stereocenters. The van der Waals surface area contributed by atoms with Gasteiger partial charge in [-0.15, -0.1) is 0 Å². The predicted molar refractivity (Wildman–Crippen MR) is 88.2 cm³/mol. The van der Waals surface area contributed by atoms with Crippen LogP contribution in [0.25, 0.3) is 0 Å². The molecule has 1 aromatic carbocycles. The molecule has 0 radical (unpaired) electrons. The maximum atomic E-state index is 11.7. The van der Waals surface area contributed by atoms with Crippen molar-refractivity contribution in [2.75, 3.05) is 6.54 Å². The van der Waals surface area contributed by atoms with E-state index in [1.807, 2.05) is 32.0 Å². The molecule has 2 amide bonds. The number of rotatable bonds is 8. The number of carbonyl (C=O) groups excluding carboxylic acids is 2. The average Bonchev–Trinajstić information content (AvgIpc) is 2.55. The van der Waals surface area contributed by atoms with Crippen LogP contribution in [-0.4, -0.2) is 35.7 Å². The Morgan fingerprint density at radius 2 is 1.88 bits per heavy atom. The first-order chi connectivity index (χ1) is 11.4. The van der Waals surface area contributed by atoms with Gasteiger partial charge >= 0.3 is 12.1 Å². The molecule has 0 unspecified atom stereocenters. The van der Waals surface area contributed by atoms with Crippen molar-refractivity contribution in [3.05, 3.63) is 47.5 Å². The summed E-state index contributed by atoms with van der Waals surface area (Å²) in [6, 6.07) is 8.07. The van der Waals surface area contributed by atoms with Crippen LogP contribution in [0.5, 0.6) is 0 Å². The normalized spacial score (nSPS) is 11.1. The van der Waals surface area contributed by atoms with Gasteiger partial charge in [-0.3, -0.25) is 4.79 Å². The number of alkyl carbamates (subject to hydrolysis) is 1. The molecule has 0 spiro atoms. The summed E-state index contributed by atoms with van der Waals surface area (Å²) in [4.78, 5) is 34.3. The molecule has 0 saturated carbocycles. The Bertz CT molecular complexity index is 594. The minimum atomic E-state index is -1.13. The molecule has 0 aliphatic heterocycles. The summed E-state index contributed by atoms with van der Waals surface area (Å²) < 4.78 is 4.95. The zero-order chi connectivity index (χ0) is 17.9. The van der Waals surface area contributed by atoms with Gasteiger partial charge in [0.15, 0.2) is 0 Å². The van der Waals surface area contributed by atoms with Crippen LogP contribution in [0.1, 0.15) is 25.8 Å². The largest absolute Gasteiger partial charge is 0.480 e. The van der Waals surface area contributed by atoms with Crippen molar-refractivity contribution >= 4 is 18.0 Å². The number of carboxylic acids is 1. The van der Waals surface area contributed by atoms with Crippen LogP contribution in [0.4, 0.5) is 4.79 Å². The van der Waals surface area contributed by atoms with Gasteiger partial charge in [-0.2, -0.15) is 0 Å². The van der Waals surface area contributed by atoms with Gasteiger partial charge < -0.3 is 20.5 Å². The zero-order valence-electron chi connectivity index (χ0n) is 13.7. The first-order valence-electron chi connectivity index (χ1n) is 7.48. The average molecular weight is 334 g/mol. The Kier molecular flexibility index (Phi) is 8.04. The van der Waals surface area contributed by atoms with Gasteiger partial charge in [-0.1, -0.05) is 42.0 Å². The lowest BCUT2D eigenvalue weighted by atomic mass is 10.1. The van der Waals surface area contributed by atoms with Gasteiger partial charge in [0.2, 0.25) is 5.91 Å². The number of hydrogen-bond acceptors (Lipinski definition) is 4. The summed E-state index contributed by atoms with van der Waals surface area (Å²) in [6.07, 6.45) is 1.16. The van der Waals surface area contributed by atoms with Crippen LogP contribution < -0.4 is 10.6 Å². The van der Waals surface area contributed by atoms with Crippen molar-refractivity contribution in [3.8, 4) is 0 Å². The minimum absolute atomic E-state index is 0.0899. The van der Waals surface area contributed by atoms with Crippen LogP contribution >= 0.6 is 0 Å². The summed E-state index contributed by atoms with van der Waals surface area (Å²) in [5, 5.41) is 13.7. The quantitative estimate of drug-likeness (QED) is 0.629. The molecule has 0 saturated heterocycles. The topological polar surface area (TPSA) is 105 Å². The van der Waals surface area contributed by atoms with Gasteiger partial charge in [0.25, 0.3) is 0 Å². The number of aliphatic carboxylic acids is 1. The highest BCUT2D eigenvalue weighted by atomic mass is 16.5. The number of allylic oxidation sites excluding steroid dienone is 1. The molecule has 0 heterocycles. The minimum Gasteiger partial charge on any atom is -0.480 e. The maximum absolute atomic E-state index is 11.7. The second-order valence-electron chi connectivity index (χ2n) is 5.39. The van der Waals surface area contributed by atoms with Gasteiger partial charge in [0, 0.05) is 0 Å². The number of carbonyl (C=O) groups is 3. The van der Waals surface area contributed by atoms with Crippen molar-refractivity contribution < 1.29 is 24.2 Å². The Labute approximate surface area is 140 Å². The number of carboxylic acid groups (broad SMARTS) is 1. The molecular weight excluding hydrogens is 312 g/mol. The summed E-state index contributed by atoms with van der Waals surface area (Å²) in [7, 11) is 0. The van der Waals surface area contributed by atoms with E-state index >= 15 is 0 Å². The van der Waals surface area contributed by atoms with E-state index in [-0.39, 0.29) is 19.6 Å². The second kappa shape index (κ2) is 10.0. The summed E-state index contributed by atoms with van der Waals surface area (Å²) in [5.74, 6) is -1.73. The third-order valence-electron chi connectivity index (χ3n) is 3.00. The second-order valence-corrected chi connectivity index (χ2v) is 5.39. The summed E-state index contributed by atoms with van der Waals surface area (Å²) >= 11 is 0. The summed E-state index contributed by atoms with van der Waals surface area (Å²) in [6.45, 7) is 3.41. The van der Waals surface area contributed by atoms with E-state index in [1.165, 1.54) is 0 Å². The number of amides is 2. The Morgan fingerprint density at radius 1 is 1.21 bits per heavy atom. The monoisotopic (exact) mass is 334 g/mol. The molecule has 7 heteroatoms. The molecule has 7 nitrogen and oxygen atoms in total.